The first-order valence-corrected chi connectivity index (χ1v) is 8.29. The Morgan fingerprint density at radius 2 is 1.96 bits per heavy atom. The van der Waals surface area contributed by atoms with Gasteiger partial charge >= 0.3 is 0 Å². The molecule has 0 spiro atoms. The zero-order chi connectivity index (χ0) is 16.6. The molecule has 0 amide bonds. The molecule has 6 nitrogen and oxygen atoms in total. The van der Waals surface area contributed by atoms with Crippen molar-refractivity contribution in [3.8, 4) is 16.3 Å². The molecule has 3 heterocycles. The van der Waals surface area contributed by atoms with E-state index in [0.717, 1.165) is 5.01 Å². The van der Waals surface area contributed by atoms with Crippen LogP contribution in [0.4, 0.5) is 0 Å². The first-order chi connectivity index (χ1) is 11.8. The van der Waals surface area contributed by atoms with Gasteiger partial charge in [0.25, 0.3) is 0 Å². The van der Waals surface area contributed by atoms with Gasteiger partial charge in [-0.2, -0.15) is 0 Å². The molecule has 1 unspecified atom stereocenters. The van der Waals surface area contributed by atoms with Crippen LogP contribution in [0.15, 0.2) is 65.8 Å². The zero-order valence-corrected chi connectivity index (χ0v) is 13.9. The molecule has 0 radical (unpaired) electrons. The van der Waals surface area contributed by atoms with Crippen molar-refractivity contribution in [2.75, 3.05) is 0 Å². The Morgan fingerprint density at radius 1 is 1.17 bits per heavy atom. The number of benzene rings is 1. The molecule has 0 N–H and O–H groups in total. The molecule has 2 aromatic heterocycles. The Morgan fingerprint density at radius 3 is 2.58 bits per heavy atom. The van der Waals surface area contributed by atoms with E-state index in [9.17, 15) is 0 Å². The first-order valence-electron chi connectivity index (χ1n) is 7.42. The highest BCUT2D eigenvalue weighted by atomic mass is 32.1. The van der Waals surface area contributed by atoms with Gasteiger partial charge in [0.15, 0.2) is 5.75 Å². The van der Waals surface area contributed by atoms with Crippen LogP contribution in [-0.2, 0) is 4.84 Å². The van der Waals surface area contributed by atoms with E-state index in [-0.39, 0.29) is 6.10 Å². The minimum Gasteiger partial charge on any atom is -0.436 e. The fraction of sp³-hybridized carbons (Fsp3) is 0.176. The van der Waals surface area contributed by atoms with E-state index < -0.39 is 0 Å². The van der Waals surface area contributed by atoms with Crippen LogP contribution >= 0.6 is 11.3 Å². The quantitative estimate of drug-likeness (QED) is 0.710. The summed E-state index contributed by atoms with van der Waals surface area (Å²) in [5, 5.41) is 6.83. The molecule has 7 heteroatoms. The maximum Gasteiger partial charge on any atom is 0.235 e. The van der Waals surface area contributed by atoms with Crippen LogP contribution in [0.25, 0.3) is 10.6 Å². The van der Waals surface area contributed by atoms with E-state index in [1.54, 1.807) is 23.7 Å². The van der Waals surface area contributed by atoms with Crippen LogP contribution in [-0.4, -0.2) is 27.0 Å². The molecule has 0 bridgehead atoms. The van der Waals surface area contributed by atoms with Crippen LogP contribution in [0.2, 0.25) is 0 Å². The molecule has 4 rings (SSSR count). The van der Waals surface area contributed by atoms with E-state index in [4.69, 9.17) is 9.57 Å². The highest BCUT2D eigenvalue weighted by Gasteiger charge is 2.17. The lowest BCUT2D eigenvalue weighted by Crippen LogP contribution is -2.08. The van der Waals surface area contributed by atoms with Crippen LogP contribution in [0, 0.1) is 0 Å². The summed E-state index contributed by atoms with van der Waals surface area (Å²) in [7, 11) is 0. The number of thiazole rings is 1. The van der Waals surface area contributed by atoms with Gasteiger partial charge in [-0.3, -0.25) is 0 Å². The number of aromatic nitrogens is 3. The van der Waals surface area contributed by atoms with Gasteiger partial charge in [-0.25, -0.2) is 15.0 Å². The van der Waals surface area contributed by atoms with Gasteiger partial charge in [-0.15, -0.1) is 11.3 Å². The summed E-state index contributed by atoms with van der Waals surface area (Å²) in [5.41, 5.74) is 1.20. The first kappa shape index (κ1) is 16.1. The standard InChI is InChI=1S/C9H7NS.C8H9N3O2/c1-2-4-8(5-3-1)9-10-6-7-11-9;1-6-2-8(11-13-6)12-7-3-9-5-10-4-7/h1-7H;3-6H,2H2,1H3. The molecule has 122 valence electrons. The van der Waals surface area contributed by atoms with Crippen LogP contribution in [0.3, 0.4) is 0 Å². The molecule has 1 aliphatic heterocycles. The van der Waals surface area contributed by atoms with Crippen molar-refractivity contribution in [2.24, 2.45) is 5.16 Å². The average Bonchev–Trinajstić information content (AvgIpc) is 3.29. The Hall–Kier alpha value is -2.80. The van der Waals surface area contributed by atoms with E-state index in [2.05, 4.69) is 32.2 Å². The number of ether oxygens (including phenoxy) is 1. The van der Waals surface area contributed by atoms with Crippen molar-refractivity contribution in [3.63, 3.8) is 0 Å². The number of hydrogen-bond donors (Lipinski definition) is 0. The van der Waals surface area contributed by atoms with Crippen molar-refractivity contribution >= 4 is 17.2 Å². The predicted octanol–water partition coefficient (Wildman–Crippen LogP) is 3.79. The maximum absolute atomic E-state index is 5.35. The largest absolute Gasteiger partial charge is 0.436 e. The predicted molar refractivity (Wildman–Crippen MR) is 92.8 cm³/mol. The maximum atomic E-state index is 5.35. The third kappa shape index (κ3) is 4.60. The number of rotatable bonds is 2. The smallest absolute Gasteiger partial charge is 0.235 e. The highest BCUT2D eigenvalue weighted by Crippen LogP contribution is 2.20. The summed E-state index contributed by atoms with van der Waals surface area (Å²) in [5.74, 6) is 1.15. The lowest BCUT2D eigenvalue weighted by molar-refractivity contribution is 0.0992. The normalized spacial score (nSPS) is 15.7. The Labute approximate surface area is 143 Å². The fourth-order valence-corrected chi connectivity index (χ4v) is 2.59. The zero-order valence-electron chi connectivity index (χ0n) is 13.1. The number of hydrogen-bond acceptors (Lipinski definition) is 7. The molecule has 0 aliphatic carbocycles. The van der Waals surface area contributed by atoms with Crippen molar-refractivity contribution < 1.29 is 9.57 Å². The van der Waals surface area contributed by atoms with Crippen molar-refractivity contribution in [3.05, 3.63) is 60.6 Å². The van der Waals surface area contributed by atoms with E-state index in [1.165, 1.54) is 11.9 Å². The summed E-state index contributed by atoms with van der Waals surface area (Å²) in [4.78, 5) is 16.8. The molecular formula is C17H16N4O2S. The summed E-state index contributed by atoms with van der Waals surface area (Å²) >= 11 is 1.66. The van der Waals surface area contributed by atoms with Gasteiger partial charge in [0.1, 0.15) is 17.4 Å². The summed E-state index contributed by atoms with van der Waals surface area (Å²) < 4.78 is 5.35. The minimum absolute atomic E-state index is 0.0969. The van der Waals surface area contributed by atoms with Crippen LogP contribution < -0.4 is 4.74 Å². The third-order valence-electron chi connectivity index (χ3n) is 3.02. The van der Waals surface area contributed by atoms with E-state index in [0.29, 0.717) is 18.1 Å². The fourth-order valence-electron chi connectivity index (χ4n) is 1.95. The molecule has 0 saturated heterocycles. The van der Waals surface area contributed by atoms with Gasteiger partial charge in [-0.05, 0) is 6.92 Å². The van der Waals surface area contributed by atoms with Gasteiger partial charge in [0, 0.05) is 17.1 Å². The lowest BCUT2D eigenvalue weighted by Gasteiger charge is -2.00. The second kappa shape index (κ2) is 8.16. The summed E-state index contributed by atoms with van der Waals surface area (Å²) in [6, 6.07) is 10.2. The van der Waals surface area contributed by atoms with Crippen molar-refractivity contribution in [1.29, 1.82) is 0 Å². The Kier molecular flexibility index (Phi) is 5.47. The minimum atomic E-state index is 0.0969. The van der Waals surface area contributed by atoms with Crippen molar-refractivity contribution in [2.45, 2.75) is 19.4 Å². The molecule has 3 aromatic rings. The second-order valence-corrected chi connectivity index (χ2v) is 5.88. The SMILES string of the molecule is CC1CC(Oc2cncnc2)=NO1.c1ccc(-c2nccs2)cc1. The van der Waals surface area contributed by atoms with E-state index >= 15 is 0 Å². The summed E-state index contributed by atoms with van der Waals surface area (Å²) in [6.07, 6.45) is 7.22. The second-order valence-electron chi connectivity index (χ2n) is 4.98. The van der Waals surface area contributed by atoms with Crippen molar-refractivity contribution in [1.82, 2.24) is 15.0 Å². The van der Waals surface area contributed by atoms with Gasteiger partial charge in [-0.1, -0.05) is 35.5 Å². The van der Waals surface area contributed by atoms with Crippen LogP contribution in [0.1, 0.15) is 13.3 Å². The van der Waals surface area contributed by atoms with Crippen LogP contribution in [0.5, 0.6) is 5.75 Å². The number of nitrogens with zero attached hydrogens (tertiary/aromatic N) is 4. The average molecular weight is 340 g/mol. The molecule has 1 aromatic carbocycles. The molecule has 0 fully saturated rings. The Balaban J connectivity index is 0.000000143. The Bertz CT molecular complexity index is 764. The molecular weight excluding hydrogens is 324 g/mol. The highest BCUT2D eigenvalue weighted by molar-refractivity contribution is 7.13. The van der Waals surface area contributed by atoms with Gasteiger partial charge in [0.2, 0.25) is 5.90 Å². The molecule has 24 heavy (non-hydrogen) atoms. The number of oxime groups is 1. The topological polar surface area (TPSA) is 69.5 Å². The molecule has 1 aliphatic rings. The van der Waals surface area contributed by atoms with E-state index in [1.807, 2.05) is 36.7 Å². The third-order valence-corrected chi connectivity index (χ3v) is 3.84. The molecule has 1 atom stereocenters. The summed E-state index contributed by atoms with van der Waals surface area (Å²) in [6.45, 7) is 1.93. The molecule has 0 saturated carbocycles. The van der Waals surface area contributed by atoms with Gasteiger partial charge < -0.3 is 9.57 Å². The van der Waals surface area contributed by atoms with Gasteiger partial charge in [0.05, 0.1) is 18.8 Å². The monoisotopic (exact) mass is 340 g/mol. The lowest BCUT2D eigenvalue weighted by atomic mass is 10.2.